The summed E-state index contributed by atoms with van der Waals surface area (Å²) in [7, 11) is 1.56. The zero-order chi connectivity index (χ0) is 29.1. The molecule has 1 amide bonds. The summed E-state index contributed by atoms with van der Waals surface area (Å²) in [6, 6.07) is 9.99. The fourth-order valence-electron chi connectivity index (χ4n) is 5.40. The van der Waals surface area contributed by atoms with Crippen molar-refractivity contribution in [1.82, 2.24) is 14.5 Å². The number of aryl methyl sites for hydroxylation is 1. The summed E-state index contributed by atoms with van der Waals surface area (Å²) >= 11 is 0. The van der Waals surface area contributed by atoms with Crippen molar-refractivity contribution >= 4 is 17.4 Å². The Labute approximate surface area is 240 Å². The lowest BCUT2D eigenvalue weighted by Gasteiger charge is -2.26. The Morgan fingerprint density at radius 1 is 1.15 bits per heavy atom. The van der Waals surface area contributed by atoms with Crippen molar-refractivity contribution in [3.05, 3.63) is 77.4 Å². The van der Waals surface area contributed by atoms with Crippen LogP contribution < -0.4 is 14.2 Å². The quantitative estimate of drug-likeness (QED) is 0.197. The Hall–Kier alpha value is -4.27. The highest BCUT2D eigenvalue weighted by molar-refractivity contribution is 6.46. The molecule has 0 bridgehead atoms. The number of hydrogen-bond donors (Lipinski definition) is 1. The van der Waals surface area contributed by atoms with Gasteiger partial charge in [-0.05, 0) is 67.1 Å². The molecule has 0 aliphatic carbocycles. The third-order valence-electron chi connectivity index (χ3n) is 7.54. The molecule has 0 unspecified atom stereocenters. The number of methoxy groups -OCH3 is 1. The molecular formula is C32H37N3O6. The van der Waals surface area contributed by atoms with Crippen molar-refractivity contribution in [2.45, 2.75) is 58.7 Å². The number of rotatable bonds is 11. The number of aliphatic hydroxyl groups excluding tert-OH is 1. The first-order chi connectivity index (χ1) is 19.8. The van der Waals surface area contributed by atoms with E-state index in [-0.39, 0.29) is 17.4 Å². The van der Waals surface area contributed by atoms with Crippen molar-refractivity contribution in [3.8, 4) is 17.2 Å². The van der Waals surface area contributed by atoms with E-state index in [1.807, 2.05) is 29.8 Å². The predicted molar refractivity (Wildman–Crippen MR) is 154 cm³/mol. The van der Waals surface area contributed by atoms with Crippen LogP contribution in [-0.4, -0.2) is 57.6 Å². The van der Waals surface area contributed by atoms with E-state index in [0.29, 0.717) is 61.1 Å². The number of likely N-dealkylation sites (tertiary alicyclic amines) is 1. The Bertz CT molecular complexity index is 1450. The highest BCUT2D eigenvalue weighted by Crippen LogP contribution is 2.43. The summed E-state index contributed by atoms with van der Waals surface area (Å²) < 4.78 is 19.3. The topological polar surface area (TPSA) is 103 Å². The van der Waals surface area contributed by atoms with E-state index in [0.717, 1.165) is 17.7 Å². The van der Waals surface area contributed by atoms with Gasteiger partial charge in [-0.15, -0.1) is 0 Å². The number of ketones is 1. The number of fused-ring (bicyclic) bond motifs is 1. The summed E-state index contributed by atoms with van der Waals surface area (Å²) in [5.74, 6) is 0.789. The highest BCUT2D eigenvalue weighted by Gasteiger charge is 2.46. The van der Waals surface area contributed by atoms with E-state index in [9.17, 15) is 14.7 Å². The first-order valence-corrected chi connectivity index (χ1v) is 14.1. The molecule has 0 saturated carbocycles. The molecule has 9 heteroatoms. The van der Waals surface area contributed by atoms with E-state index in [1.54, 1.807) is 43.9 Å². The number of aliphatic hydroxyl groups is 1. The number of hydrogen-bond acceptors (Lipinski definition) is 7. The van der Waals surface area contributed by atoms with Gasteiger partial charge in [-0.25, -0.2) is 4.98 Å². The van der Waals surface area contributed by atoms with Gasteiger partial charge in [0, 0.05) is 37.5 Å². The minimum absolute atomic E-state index is 0.0391. The Morgan fingerprint density at radius 3 is 2.71 bits per heavy atom. The number of Topliss-reactive ketones (excluding diaryl/α,β-unsaturated/α-hetero) is 1. The molecule has 1 aromatic heterocycles. The molecule has 0 spiro atoms. The predicted octanol–water partition coefficient (Wildman–Crippen LogP) is 5.15. The fraction of sp³-hybridized carbons (Fsp3) is 0.406. The van der Waals surface area contributed by atoms with E-state index < -0.39 is 17.7 Å². The number of aromatic nitrogens is 2. The molecule has 1 fully saturated rings. The maximum Gasteiger partial charge on any atom is 0.295 e. The maximum atomic E-state index is 13.5. The number of amides is 1. The summed E-state index contributed by atoms with van der Waals surface area (Å²) in [5, 5.41) is 11.6. The van der Waals surface area contributed by atoms with Crippen LogP contribution in [0.5, 0.6) is 17.2 Å². The smallest absolute Gasteiger partial charge is 0.295 e. The van der Waals surface area contributed by atoms with Gasteiger partial charge in [0.05, 0.1) is 31.7 Å². The van der Waals surface area contributed by atoms with Crippen LogP contribution in [-0.2, 0) is 22.6 Å². The highest BCUT2D eigenvalue weighted by atomic mass is 16.5. The first kappa shape index (κ1) is 28.3. The van der Waals surface area contributed by atoms with Crippen LogP contribution in [0.15, 0.2) is 60.7 Å². The minimum Gasteiger partial charge on any atom is -0.507 e. The second-order valence-electron chi connectivity index (χ2n) is 11.0. The molecule has 2 aromatic carbocycles. The fourth-order valence-corrected chi connectivity index (χ4v) is 5.40. The molecule has 216 valence electrons. The van der Waals surface area contributed by atoms with Gasteiger partial charge in [0.2, 0.25) is 0 Å². The second kappa shape index (κ2) is 12.1. The van der Waals surface area contributed by atoms with Crippen LogP contribution in [0.1, 0.15) is 56.3 Å². The average molecular weight is 560 g/mol. The summed E-state index contributed by atoms with van der Waals surface area (Å²) in [6.07, 6.45) is 7.51. The van der Waals surface area contributed by atoms with Crippen LogP contribution in [0.3, 0.4) is 0 Å². The van der Waals surface area contributed by atoms with Crippen LogP contribution >= 0.6 is 0 Å². The zero-order valence-corrected chi connectivity index (χ0v) is 24.0. The molecule has 2 aliphatic rings. The van der Waals surface area contributed by atoms with Crippen molar-refractivity contribution in [2.24, 2.45) is 5.92 Å². The van der Waals surface area contributed by atoms with E-state index in [1.165, 1.54) is 4.90 Å². The molecule has 2 aliphatic heterocycles. The molecule has 1 N–H and O–H groups in total. The Kier molecular flexibility index (Phi) is 8.33. The number of carbonyl (C=O) groups excluding carboxylic acids is 2. The lowest BCUT2D eigenvalue weighted by molar-refractivity contribution is -0.139. The maximum absolute atomic E-state index is 13.5. The van der Waals surface area contributed by atoms with Crippen LogP contribution in [0.4, 0.5) is 0 Å². The zero-order valence-electron chi connectivity index (χ0n) is 24.0. The molecule has 5 rings (SSSR count). The van der Waals surface area contributed by atoms with Crippen molar-refractivity contribution in [3.63, 3.8) is 0 Å². The standard InChI is InChI=1S/C32H37N3O6/c1-20(2)10-15-40-26-9-6-22(18-27(26)39-4)29-28(30(36)23-7-8-25-24(17-23)16-21(3)41-25)31(37)32(38)35(29)13-5-12-34-14-11-33-19-34/h6-9,11,14,17-21,29,36H,5,10,12-13,15-16H2,1-4H3/b30-28+/t21-,29-/m0/s1. The molecule has 1 saturated heterocycles. The van der Waals surface area contributed by atoms with Gasteiger partial charge >= 0.3 is 0 Å². The van der Waals surface area contributed by atoms with Crippen molar-refractivity contribution < 1.29 is 28.9 Å². The van der Waals surface area contributed by atoms with Gasteiger partial charge in [-0.2, -0.15) is 0 Å². The first-order valence-electron chi connectivity index (χ1n) is 14.1. The van der Waals surface area contributed by atoms with Crippen LogP contribution in [0.25, 0.3) is 5.76 Å². The molecular weight excluding hydrogens is 522 g/mol. The molecule has 3 heterocycles. The largest absolute Gasteiger partial charge is 0.507 e. The average Bonchev–Trinajstić information content (AvgIpc) is 3.66. The van der Waals surface area contributed by atoms with E-state index >= 15 is 0 Å². The molecule has 2 atom stereocenters. The summed E-state index contributed by atoms with van der Waals surface area (Å²) in [6.45, 7) is 7.74. The normalized spacial score (nSPS) is 19.5. The van der Waals surface area contributed by atoms with Gasteiger partial charge in [-0.3, -0.25) is 9.59 Å². The molecule has 41 heavy (non-hydrogen) atoms. The van der Waals surface area contributed by atoms with Crippen LogP contribution in [0.2, 0.25) is 0 Å². The lowest BCUT2D eigenvalue weighted by atomic mass is 9.94. The minimum atomic E-state index is -0.792. The second-order valence-corrected chi connectivity index (χ2v) is 11.0. The number of carbonyl (C=O) groups is 2. The number of benzene rings is 2. The van der Waals surface area contributed by atoms with Gasteiger partial charge < -0.3 is 28.8 Å². The van der Waals surface area contributed by atoms with Gasteiger partial charge in [-0.1, -0.05) is 19.9 Å². The molecule has 9 nitrogen and oxygen atoms in total. The molecule has 0 radical (unpaired) electrons. The Morgan fingerprint density at radius 2 is 1.98 bits per heavy atom. The summed E-state index contributed by atoms with van der Waals surface area (Å²) in [5.41, 5.74) is 2.14. The summed E-state index contributed by atoms with van der Waals surface area (Å²) in [4.78, 5) is 32.5. The van der Waals surface area contributed by atoms with Crippen molar-refractivity contribution in [1.29, 1.82) is 0 Å². The third-order valence-corrected chi connectivity index (χ3v) is 7.54. The van der Waals surface area contributed by atoms with E-state index in [2.05, 4.69) is 18.8 Å². The van der Waals surface area contributed by atoms with E-state index in [4.69, 9.17) is 14.2 Å². The number of ether oxygens (including phenoxy) is 3. The van der Waals surface area contributed by atoms with Gasteiger partial charge in [0.25, 0.3) is 11.7 Å². The number of imidazole rings is 1. The van der Waals surface area contributed by atoms with Crippen LogP contribution in [0, 0.1) is 5.92 Å². The monoisotopic (exact) mass is 559 g/mol. The number of nitrogens with zero attached hydrogens (tertiary/aromatic N) is 3. The SMILES string of the molecule is COc1cc([C@H]2/C(=C(\O)c3ccc4c(c3)C[C@H](C)O4)C(=O)C(=O)N2CCCn2ccnc2)ccc1OCCC(C)C. The molecule has 3 aromatic rings. The van der Waals surface area contributed by atoms with Crippen molar-refractivity contribution in [2.75, 3.05) is 20.3 Å². The Balaban J connectivity index is 1.52. The van der Waals surface area contributed by atoms with Gasteiger partial charge in [0.1, 0.15) is 17.6 Å². The third kappa shape index (κ3) is 5.94. The van der Waals surface area contributed by atoms with Gasteiger partial charge in [0.15, 0.2) is 11.5 Å². The lowest BCUT2D eigenvalue weighted by Crippen LogP contribution is -2.31.